The van der Waals surface area contributed by atoms with Crippen molar-refractivity contribution in [1.29, 1.82) is 0 Å². The van der Waals surface area contributed by atoms with Crippen molar-refractivity contribution in [3.63, 3.8) is 0 Å². The highest BCUT2D eigenvalue weighted by atomic mass is 79.9. The Kier molecular flexibility index (Phi) is 2.25. The van der Waals surface area contributed by atoms with Gasteiger partial charge in [-0.2, -0.15) is 0 Å². The average molecular weight is 267 g/mol. The van der Waals surface area contributed by atoms with Crippen LogP contribution in [0, 0.1) is 0 Å². The predicted molar refractivity (Wildman–Crippen MR) is 61.1 cm³/mol. The van der Waals surface area contributed by atoms with Crippen LogP contribution in [0.2, 0.25) is 0 Å². The van der Waals surface area contributed by atoms with Gasteiger partial charge in [-0.15, -0.1) is 0 Å². The fraction of sp³-hybridized carbons (Fsp3) is 0.364. The molecule has 0 amide bonds. The molecule has 1 aliphatic heterocycles. The minimum absolute atomic E-state index is 0.476. The first kappa shape index (κ1) is 9.36. The Morgan fingerprint density at radius 2 is 2.33 bits per heavy atom. The molecule has 1 saturated heterocycles. The third-order valence-corrected chi connectivity index (χ3v) is 3.25. The van der Waals surface area contributed by atoms with Crippen molar-refractivity contribution < 1.29 is 4.74 Å². The number of halogens is 1. The van der Waals surface area contributed by atoms with Crippen molar-refractivity contribution in [3.05, 3.63) is 34.7 Å². The number of pyridine rings is 1. The summed E-state index contributed by atoms with van der Waals surface area (Å²) >= 11 is 3.45. The molecule has 0 radical (unpaired) electrons. The number of rotatable bonds is 1. The van der Waals surface area contributed by atoms with Crippen molar-refractivity contribution in [1.82, 2.24) is 9.38 Å². The fourth-order valence-electron chi connectivity index (χ4n) is 1.95. The van der Waals surface area contributed by atoms with Crippen LogP contribution in [0.25, 0.3) is 5.65 Å². The van der Waals surface area contributed by atoms with Crippen molar-refractivity contribution in [2.24, 2.45) is 0 Å². The van der Waals surface area contributed by atoms with Crippen LogP contribution in [-0.4, -0.2) is 22.6 Å². The van der Waals surface area contributed by atoms with Gasteiger partial charge in [0, 0.05) is 29.4 Å². The van der Waals surface area contributed by atoms with Gasteiger partial charge in [-0.05, 0) is 34.5 Å². The number of fused-ring (bicyclic) bond motifs is 1. The lowest BCUT2D eigenvalue weighted by Crippen LogP contribution is -1.96. The fourth-order valence-corrected chi connectivity index (χ4v) is 2.30. The standard InChI is InChI=1S/C11H11BrN2O/c12-9-1-2-11-13-10(6-14(11)5-9)8-3-4-15-7-8/h1-2,5-6,8H,3-4,7H2. The Labute approximate surface area is 96.2 Å². The van der Waals surface area contributed by atoms with E-state index in [0.717, 1.165) is 35.4 Å². The molecule has 3 heterocycles. The molecule has 1 unspecified atom stereocenters. The van der Waals surface area contributed by atoms with Gasteiger partial charge in [0.05, 0.1) is 12.3 Å². The second kappa shape index (κ2) is 3.61. The molecule has 1 aliphatic rings. The lowest BCUT2D eigenvalue weighted by Gasteiger charge is -2.00. The highest BCUT2D eigenvalue weighted by Crippen LogP contribution is 2.25. The zero-order valence-corrected chi connectivity index (χ0v) is 9.77. The second-order valence-corrected chi connectivity index (χ2v) is 4.75. The Morgan fingerprint density at radius 1 is 1.40 bits per heavy atom. The first-order valence-electron chi connectivity index (χ1n) is 5.05. The van der Waals surface area contributed by atoms with Crippen molar-refractivity contribution >= 4 is 21.6 Å². The summed E-state index contributed by atoms with van der Waals surface area (Å²) in [5.41, 5.74) is 2.14. The number of aromatic nitrogens is 2. The van der Waals surface area contributed by atoms with Crippen LogP contribution < -0.4 is 0 Å². The SMILES string of the molecule is Brc1ccc2nc(C3CCOC3)cn2c1. The quantitative estimate of drug-likeness (QED) is 0.794. The molecule has 78 valence electrons. The Morgan fingerprint density at radius 3 is 3.13 bits per heavy atom. The lowest BCUT2D eigenvalue weighted by molar-refractivity contribution is 0.193. The molecule has 0 bridgehead atoms. The number of ether oxygens (including phenoxy) is 1. The molecule has 4 heteroatoms. The predicted octanol–water partition coefficient (Wildman–Crippen LogP) is 2.60. The zero-order valence-electron chi connectivity index (χ0n) is 8.19. The van der Waals surface area contributed by atoms with Gasteiger partial charge in [-0.3, -0.25) is 0 Å². The number of imidazole rings is 1. The summed E-state index contributed by atoms with van der Waals surface area (Å²) in [4.78, 5) is 4.60. The van der Waals surface area contributed by atoms with Crippen LogP contribution in [0.5, 0.6) is 0 Å². The number of nitrogens with zero attached hydrogens (tertiary/aromatic N) is 2. The maximum atomic E-state index is 5.37. The van der Waals surface area contributed by atoms with E-state index in [9.17, 15) is 0 Å². The minimum atomic E-state index is 0.476. The van der Waals surface area contributed by atoms with Gasteiger partial charge in [-0.1, -0.05) is 0 Å². The molecular formula is C11H11BrN2O. The third kappa shape index (κ3) is 1.68. The highest BCUT2D eigenvalue weighted by Gasteiger charge is 2.20. The van der Waals surface area contributed by atoms with Gasteiger partial charge in [0.15, 0.2) is 0 Å². The molecule has 15 heavy (non-hydrogen) atoms. The van der Waals surface area contributed by atoms with E-state index in [4.69, 9.17) is 4.74 Å². The summed E-state index contributed by atoms with van der Waals surface area (Å²) in [6.45, 7) is 1.67. The van der Waals surface area contributed by atoms with Crippen LogP contribution in [0.3, 0.4) is 0 Å². The molecule has 1 atom stereocenters. The normalized spacial score (nSPS) is 21.3. The van der Waals surface area contributed by atoms with Gasteiger partial charge in [0.25, 0.3) is 0 Å². The van der Waals surface area contributed by atoms with E-state index >= 15 is 0 Å². The van der Waals surface area contributed by atoms with E-state index in [2.05, 4.69) is 31.5 Å². The van der Waals surface area contributed by atoms with E-state index in [1.54, 1.807) is 0 Å². The summed E-state index contributed by atoms with van der Waals surface area (Å²) in [6, 6.07) is 4.03. The summed E-state index contributed by atoms with van der Waals surface area (Å²) in [6.07, 6.45) is 5.21. The van der Waals surface area contributed by atoms with E-state index in [1.807, 2.05) is 18.3 Å². The van der Waals surface area contributed by atoms with Gasteiger partial charge in [-0.25, -0.2) is 4.98 Å². The lowest BCUT2D eigenvalue weighted by atomic mass is 10.1. The second-order valence-electron chi connectivity index (χ2n) is 3.84. The van der Waals surface area contributed by atoms with Crippen LogP contribution in [0.1, 0.15) is 18.0 Å². The van der Waals surface area contributed by atoms with Crippen molar-refractivity contribution in [3.8, 4) is 0 Å². The monoisotopic (exact) mass is 266 g/mol. The van der Waals surface area contributed by atoms with Crippen molar-refractivity contribution in [2.45, 2.75) is 12.3 Å². The van der Waals surface area contributed by atoms with Crippen LogP contribution in [0.4, 0.5) is 0 Å². The zero-order chi connectivity index (χ0) is 10.3. The van der Waals surface area contributed by atoms with Crippen LogP contribution in [0.15, 0.2) is 29.0 Å². The van der Waals surface area contributed by atoms with Gasteiger partial charge < -0.3 is 9.14 Å². The molecule has 3 rings (SSSR count). The van der Waals surface area contributed by atoms with Crippen LogP contribution >= 0.6 is 15.9 Å². The van der Waals surface area contributed by atoms with E-state index in [-0.39, 0.29) is 0 Å². The maximum Gasteiger partial charge on any atom is 0.137 e. The number of hydrogen-bond acceptors (Lipinski definition) is 2. The molecular weight excluding hydrogens is 256 g/mol. The molecule has 0 N–H and O–H groups in total. The topological polar surface area (TPSA) is 26.5 Å². The molecule has 0 aliphatic carbocycles. The van der Waals surface area contributed by atoms with E-state index in [1.165, 1.54) is 0 Å². The van der Waals surface area contributed by atoms with E-state index in [0.29, 0.717) is 5.92 Å². The molecule has 3 nitrogen and oxygen atoms in total. The Balaban J connectivity index is 2.05. The Hall–Kier alpha value is -0.870. The van der Waals surface area contributed by atoms with Gasteiger partial charge in [0.1, 0.15) is 5.65 Å². The highest BCUT2D eigenvalue weighted by molar-refractivity contribution is 9.10. The molecule has 0 spiro atoms. The molecule has 1 fully saturated rings. The molecule has 2 aromatic rings. The Bertz CT molecular complexity index is 488. The average Bonchev–Trinajstić information content (AvgIpc) is 2.84. The first-order valence-corrected chi connectivity index (χ1v) is 5.84. The third-order valence-electron chi connectivity index (χ3n) is 2.78. The van der Waals surface area contributed by atoms with Crippen LogP contribution in [-0.2, 0) is 4.74 Å². The van der Waals surface area contributed by atoms with E-state index < -0.39 is 0 Å². The largest absolute Gasteiger partial charge is 0.381 e. The maximum absolute atomic E-state index is 5.37. The molecule has 2 aromatic heterocycles. The first-order chi connectivity index (χ1) is 7.33. The van der Waals surface area contributed by atoms with Crippen molar-refractivity contribution in [2.75, 3.05) is 13.2 Å². The summed E-state index contributed by atoms with van der Waals surface area (Å²) in [7, 11) is 0. The smallest absolute Gasteiger partial charge is 0.137 e. The van der Waals surface area contributed by atoms with Gasteiger partial charge in [0.2, 0.25) is 0 Å². The minimum Gasteiger partial charge on any atom is -0.381 e. The summed E-state index contributed by atoms with van der Waals surface area (Å²) in [5.74, 6) is 0.476. The summed E-state index contributed by atoms with van der Waals surface area (Å²) < 4.78 is 8.50. The molecule has 0 saturated carbocycles. The molecule has 0 aromatic carbocycles. The van der Waals surface area contributed by atoms with Gasteiger partial charge >= 0.3 is 0 Å². The number of hydrogen-bond donors (Lipinski definition) is 0. The summed E-state index contributed by atoms with van der Waals surface area (Å²) in [5, 5.41) is 0.